The van der Waals surface area contributed by atoms with E-state index in [1.54, 1.807) is 25.1 Å². The van der Waals surface area contributed by atoms with Crippen molar-refractivity contribution in [2.45, 2.75) is 19.4 Å². The van der Waals surface area contributed by atoms with E-state index in [2.05, 4.69) is 27.9 Å². The van der Waals surface area contributed by atoms with Gasteiger partial charge in [-0.3, -0.25) is 4.79 Å². The first-order chi connectivity index (χ1) is 9.97. The summed E-state index contributed by atoms with van der Waals surface area (Å²) in [6.45, 7) is 1.72. The van der Waals surface area contributed by atoms with Gasteiger partial charge in [-0.2, -0.15) is 0 Å². The molecule has 0 saturated carbocycles. The number of carbonyl (C=O) groups is 1. The molecule has 0 radical (unpaired) electrons. The molecule has 0 aliphatic rings. The third-order valence-corrected chi connectivity index (χ3v) is 3.71. The maximum Gasteiger partial charge on any atom is 0.251 e. The Hall–Kier alpha value is -1.50. The molecule has 110 valence electrons. The van der Waals surface area contributed by atoms with E-state index < -0.39 is 11.6 Å². The molecule has 2 nitrogen and oxygen atoms in total. The van der Waals surface area contributed by atoms with Crippen LogP contribution in [-0.4, -0.2) is 11.9 Å². The highest BCUT2D eigenvalue weighted by molar-refractivity contribution is 14.1. The largest absolute Gasteiger partial charge is 0.349 e. The van der Waals surface area contributed by atoms with Gasteiger partial charge in [-0.1, -0.05) is 12.1 Å². The summed E-state index contributed by atoms with van der Waals surface area (Å²) in [6.07, 6.45) is 0.105. The van der Waals surface area contributed by atoms with Gasteiger partial charge in [0.1, 0.15) is 11.6 Å². The molecule has 0 aliphatic heterocycles. The Kier molecular flexibility index (Phi) is 5.27. The minimum atomic E-state index is -0.592. The molecule has 1 atom stereocenters. The number of hydrogen-bond donors (Lipinski definition) is 1. The Labute approximate surface area is 135 Å². The highest BCUT2D eigenvalue weighted by atomic mass is 127. The van der Waals surface area contributed by atoms with Crippen molar-refractivity contribution in [1.29, 1.82) is 0 Å². The second kappa shape index (κ2) is 6.98. The molecule has 0 aliphatic carbocycles. The molecule has 1 amide bonds. The average Bonchev–Trinajstić information content (AvgIpc) is 2.43. The zero-order valence-corrected chi connectivity index (χ0v) is 13.5. The average molecular weight is 401 g/mol. The minimum Gasteiger partial charge on any atom is -0.349 e. The topological polar surface area (TPSA) is 29.1 Å². The van der Waals surface area contributed by atoms with Crippen molar-refractivity contribution in [3.63, 3.8) is 0 Å². The van der Waals surface area contributed by atoms with E-state index in [1.807, 2.05) is 6.07 Å². The van der Waals surface area contributed by atoms with Crippen LogP contribution in [0.5, 0.6) is 0 Å². The second-order valence-corrected chi connectivity index (χ2v) is 6.03. The van der Waals surface area contributed by atoms with Crippen LogP contribution < -0.4 is 5.32 Å². The van der Waals surface area contributed by atoms with Crippen molar-refractivity contribution < 1.29 is 13.6 Å². The van der Waals surface area contributed by atoms with Crippen molar-refractivity contribution in [1.82, 2.24) is 5.32 Å². The van der Waals surface area contributed by atoms with Crippen LogP contribution in [0.4, 0.5) is 8.78 Å². The van der Waals surface area contributed by atoms with Crippen LogP contribution >= 0.6 is 22.6 Å². The van der Waals surface area contributed by atoms with Crippen molar-refractivity contribution >= 4 is 28.5 Å². The van der Waals surface area contributed by atoms with Gasteiger partial charge in [0.2, 0.25) is 0 Å². The summed E-state index contributed by atoms with van der Waals surface area (Å²) in [7, 11) is 0. The van der Waals surface area contributed by atoms with Gasteiger partial charge in [0.05, 0.1) is 0 Å². The maximum atomic E-state index is 13.6. The molecule has 0 heterocycles. The molecule has 0 aromatic heterocycles. The Bertz CT molecular complexity index is 640. The predicted octanol–water partition coefficient (Wildman–Crippen LogP) is 3.93. The summed E-state index contributed by atoms with van der Waals surface area (Å²) in [4.78, 5) is 12.1. The molecule has 2 aromatic rings. The minimum absolute atomic E-state index is 0.00653. The maximum absolute atomic E-state index is 13.6. The standard InChI is InChI=1S/C16H14F2INO/c1-10(8-13-14(17)6-3-7-15(13)18)20-16(21)11-4-2-5-12(19)9-11/h2-7,9-10H,8H2,1H3,(H,20,21). The van der Waals surface area contributed by atoms with Gasteiger partial charge in [-0.05, 0) is 66.3 Å². The van der Waals surface area contributed by atoms with E-state index in [1.165, 1.54) is 18.2 Å². The molecule has 2 aromatic carbocycles. The fraction of sp³-hybridized carbons (Fsp3) is 0.188. The third kappa shape index (κ3) is 4.23. The molecule has 0 spiro atoms. The monoisotopic (exact) mass is 401 g/mol. The van der Waals surface area contributed by atoms with Crippen LogP contribution in [-0.2, 0) is 6.42 Å². The summed E-state index contributed by atoms with van der Waals surface area (Å²) in [5.74, 6) is -1.44. The van der Waals surface area contributed by atoms with Gasteiger partial charge in [0, 0.05) is 20.7 Å². The predicted molar refractivity (Wildman–Crippen MR) is 86.1 cm³/mol. The lowest BCUT2D eigenvalue weighted by atomic mass is 10.1. The molecule has 5 heteroatoms. The fourth-order valence-electron chi connectivity index (χ4n) is 2.02. The summed E-state index contributed by atoms with van der Waals surface area (Å²) in [5.41, 5.74) is 0.524. The van der Waals surface area contributed by atoms with Crippen LogP contribution in [0, 0.1) is 15.2 Å². The first-order valence-electron chi connectivity index (χ1n) is 6.46. The third-order valence-electron chi connectivity index (χ3n) is 3.04. The number of amides is 1. The number of benzene rings is 2. The lowest BCUT2D eigenvalue weighted by Gasteiger charge is -2.15. The molecule has 2 rings (SSSR count). The van der Waals surface area contributed by atoms with E-state index in [-0.39, 0.29) is 23.9 Å². The normalized spacial score (nSPS) is 12.0. The molecule has 0 fully saturated rings. The van der Waals surface area contributed by atoms with E-state index in [4.69, 9.17) is 0 Å². The quantitative estimate of drug-likeness (QED) is 0.774. The SMILES string of the molecule is CC(Cc1c(F)cccc1F)NC(=O)c1cccc(I)c1. The number of nitrogens with one attached hydrogen (secondary N) is 1. The first kappa shape index (κ1) is 15.9. The zero-order valence-electron chi connectivity index (χ0n) is 11.4. The summed E-state index contributed by atoms with van der Waals surface area (Å²) in [6, 6.07) is 10.5. The zero-order chi connectivity index (χ0) is 15.4. The molecular weight excluding hydrogens is 387 g/mol. The number of hydrogen-bond acceptors (Lipinski definition) is 1. The van der Waals surface area contributed by atoms with E-state index in [0.717, 1.165) is 3.57 Å². The van der Waals surface area contributed by atoms with Gasteiger partial charge in [0.15, 0.2) is 0 Å². The van der Waals surface area contributed by atoms with Crippen LogP contribution in [0.1, 0.15) is 22.8 Å². The highest BCUT2D eigenvalue weighted by Crippen LogP contribution is 2.14. The van der Waals surface area contributed by atoms with E-state index in [0.29, 0.717) is 5.56 Å². The van der Waals surface area contributed by atoms with E-state index >= 15 is 0 Å². The summed E-state index contributed by atoms with van der Waals surface area (Å²) >= 11 is 2.12. The van der Waals surface area contributed by atoms with Crippen molar-refractivity contribution in [2.75, 3.05) is 0 Å². The number of rotatable bonds is 4. The smallest absolute Gasteiger partial charge is 0.251 e. The lowest BCUT2D eigenvalue weighted by molar-refractivity contribution is 0.0939. The number of carbonyl (C=O) groups excluding carboxylic acids is 1. The molecule has 0 saturated heterocycles. The summed E-state index contributed by atoms with van der Waals surface area (Å²) in [5, 5.41) is 2.75. The lowest BCUT2D eigenvalue weighted by Crippen LogP contribution is -2.34. The van der Waals surface area contributed by atoms with Gasteiger partial charge in [-0.15, -0.1) is 0 Å². The molecule has 21 heavy (non-hydrogen) atoms. The highest BCUT2D eigenvalue weighted by Gasteiger charge is 2.15. The Morgan fingerprint density at radius 3 is 2.43 bits per heavy atom. The van der Waals surface area contributed by atoms with Crippen LogP contribution in [0.25, 0.3) is 0 Å². The van der Waals surface area contributed by atoms with Crippen LogP contribution in [0.2, 0.25) is 0 Å². The Balaban J connectivity index is 2.05. The molecule has 1 N–H and O–H groups in total. The van der Waals surface area contributed by atoms with Crippen molar-refractivity contribution in [3.05, 3.63) is 68.8 Å². The van der Waals surface area contributed by atoms with Crippen molar-refractivity contribution in [2.24, 2.45) is 0 Å². The van der Waals surface area contributed by atoms with Gasteiger partial charge in [0.25, 0.3) is 5.91 Å². The fourth-order valence-corrected chi connectivity index (χ4v) is 2.56. The first-order valence-corrected chi connectivity index (χ1v) is 7.54. The summed E-state index contributed by atoms with van der Waals surface area (Å²) < 4.78 is 28.1. The van der Waals surface area contributed by atoms with Crippen molar-refractivity contribution in [3.8, 4) is 0 Å². The van der Waals surface area contributed by atoms with Gasteiger partial charge < -0.3 is 5.32 Å². The molecule has 1 unspecified atom stereocenters. The number of halogens is 3. The molecule has 0 bridgehead atoms. The van der Waals surface area contributed by atoms with Gasteiger partial charge >= 0.3 is 0 Å². The Morgan fingerprint density at radius 2 is 1.81 bits per heavy atom. The second-order valence-electron chi connectivity index (χ2n) is 4.79. The van der Waals surface area contributed by atoms with Crippen LogP contribution in [0.15, 0.2) is 42.5 Å². The molecular formula is C16H14F2INO. The Morgan fingerprint density at radius 1 is 1.19 bits per heavy atom. The van der Waals surface area contributed by atoms with Gasteiger partial charge in [-0.25, -0.2) is 8.78 Å². The van der Waals surface area contributed by atoms with E-state index in [9.17, 15) is 13.6 Å². The van der Waals surface area contributed by atoms with Crippen LogP contribution in [0.3, 0.4) is 0 Å².